The number of morpholine rings is 1. The molecule has 0 radical (unpaired) electrons. The molecule has 2 unspecified atom stereocenters. The molecule has 1 fully saturated rings. The Morgan fingerprint density at radius 2 is 2.00 bits per heavy atom. The van der Waals surface area contributed by atoms with E-state index in [1.165, 1.54) is 11.3 Å². The van der Waals surface area contributed by atoms with Crippen LogP contribution in [-0.2, 0) is 11.3 Å². The summed E-state index contributed by atoms with van der Waals surface area (Å²) in [5, 5.41) is 3.36. The van der Waals surface area contributed by atoms with Gasteiger partial charge in [0.25, 0.3) is 0 Å². The Balaban J connectivity index is 1.83. The van der Waals surface area contributed by atoms with Crippen molar-refractivity contribution in [3.05, 3.63) is 23.8 Å². The van der Waals surface area contributed by atoms with Gasteiger partial charge in [0.1, 0.15) is 12.4 Å². The van der Waals surface area contributed by atoms with Crippen molar-refractivity contribution in [3.63, 3.8) is 0 Å². The van der Waals surface area contributed by atoms with Gasteiger partial charge in [0.05, 0.1) is 12.2 Å². The van der Waals surface area contributed by atoms with E-state index in [1.807, 2.05) is 0 Å². The number of rotatable bonds is 1. The molecule has 2 aliphatic heterocycles. The van der Waals surface area contributed by atoms with Crippen LogP contribution in [0.4, 0.5) is 5.69 Å². The molecule has 3 rings (SSSR count). The summed E-state index contributed by atoms with van der Waals surface area (Å²) in [6, 6.07) is 6.54. The number of hydrogen-bond acceptors (Lipinski definition) is 4. The van der Waals surface area contributed by atoms with Gasteiger partial charge in [-0.2, -0.15) is 0 Å². The Morgan fingerprint density at radius 3 is 2.79 bits per heavy atom. The highest BCUT2D eigenvalue weighted by Crippen LogP contribution is 2.28. The summed E-state index contributed by atoms with van der Waals surface area (Å²) in [4.78, 5) is 2.39. The lowest BCUT2D eigenvalue weighted by Gasteiger charge is -2.37. The average Bonchev–Trinajstić information content (AvgIpc) is 2.61. The zero-order chi connectivity index (χ0) is 13.2. The lowest BCUT2D eigenvalue weighted by molar-refractivity contribution is -0.00523. The van der Waals surface area contributed by atoms with Crippen molar-refractivity contribution in [2.75, 3.05) is 31.1 Å². The number of hydrogen-bond donors (Lipinski definition) is 1. The Bertz CT molecular complexity index is 440. The van der Waals surface area contributed by atoms with Crippen molar-refractivity contribution < 1.29 is 9.47 Å². The molecule has 1 N–H and O–H groups in total. The summed E-state index contributed by atoms with van der Waals surface area (Å²) in [6.07, 6.45) is 0.565. The van der Waals surface area contributed by atoms with E-state index < -0.39 is 0 Å². The zero-order valence-corrected chi connectivity index (χ0v) is 11.7. The normalized spacial score (nSPS) is 27.4. The van der Waals surface area contributed by atoms with Gasteiger partial charge >= 0.3 is 0 Å². The minimum Gasteiger partial charge on any atom is -0.492 e. The van der Waals surface area contributed by atoms with Crippen LogP contribution in [-0.4, -0.2) is 38.4 Å². The van der Waals surface area contributed by atoms with Gasteiger partial charge in [-0.1, -0.05) is 6.07 Å². The van der Waals surface area contributed by atoms with E-state index >= 15 is 0 Å². The highest BCUT2D eigenvalue weighted by Gasteiger charge is 2.23. The third kappa shape index (κ3) is 2.85. The van der Waals surface area contributed by atoms with Crippen LogP contribution in [0.3, 0.4) is 0 Å². The van der Waals surface area contributed by atoms with Crippen LogP contribution in [0.2, 0.25) is 0 Å². The molecule has 104 valence electrons. The van der Waals surface area contributed by atoms with Crippen LogP contribution in [0.1, 0.15) is 19.4 Å². The molecule has 19 heavy (non-hydrogen) atoms. The average molecular weight is 262 g/mol. The third-order valence-corrected chi connectivity index (χ3v) is 3.69. The Kier molecular flexibility index (Phi) is 3.62. The lowest BCUT2D eigenvalue weighted by atomic mass is 10.1. The molecule has 0 aromatic heterocycles. The summed E-state index contributed by atoms with van der Waals surface area (Å²) < 4.78 is 11.6. The van der Waals surface area contributed by atoms with Gasteiger partial charge in [0.15, 0.2) is 0 Å². The smallest absolute Gasteiger partial charge is 0.125 e. The predicted octanol–water partition coefficient (Wildman–Crippen LogP) is 1.78. The quantitative estimate of drug-likeness (QED) is 0.836. The van der Waals surface area contributed by atoms with Gasteiger partial charge in [-0.05, 0) is 19.9 Å². The van der Waals surface area contributed by atoms with Crippen molar-refractivity contribution in [1.29, 1.82) is 0 Å². The van der Waals surface area contributed by atoms with Crippen molar-refractivity contribution in [1.82, 2.24) is 5.32 Å². The van der Waals surface area contributed by atoms with E-state index in [2.05, 4.69) is 42.3 Å². The predicted molar refractivity (Wildman–Crippen MR) is 75.9 cm³/mol. The zero-order valence-electron chi connectivity index (χ0n) is 11.7. The number of anilines is 1. The maximum absolute atomic E-state index is 5.81. The molecule has 4 nitrogen and oxygen atoms in total. The summed E-state index contributed by atoms with van der Waals surface area (Å²) in [6.45, 7) is 8.70. The molecule has 4 heteroatoms. The van der Waals surface area contributed by atoms with Gasteiger partial charge in [-0.25, -0.2) is 0 Å². The monoisotopic (exact) mass is 262 g/mol. The number of fused-ring (bicyclic) bond motifs is 1. The van der Waals surface area contributed by atoms with Gasteiger partial charge in [-0.15, -0.1) is 0 Å². The van der Waals surface area contributed by atoms with E-state index in [4.69, 9.17) is 9.47 Å². The van der Waals surface area contributed by atoms with Gasteiger partial charge in [-0.3, -0.25) is 0 Å². The maximum Gasteiger partial charge on any atom is 0.125 e. The fraction of sp³-hybridized carbons (Fsp3) is 0.600. The van der Waals surface area contributed by atoms with Gasteiger partial charge in [0.2, 0.25) is 0 Å². The molecule has 1 aromatic rings. The van der Waals surface area contributed by atoms with E-state index in [-0.39, 0.29) is 12.2 Å². The Labute approximate surface area is 114 Å². The molecule has 0 spiro atoms. The number of nitrogens with zero attached hydrogens (tertiary/aromatic N) is 1. The molecule has 2 aliphatic rings. The van der Waals surface area contributed by atoms with Crippen LogP contribution >= 0.6 is 0 Å². The highest BCUT2D eigenvalue weighted by atomic mass is 16.5. The first-order chi connectivity index (χ1) is 9.22. The van der Waals surface area contributed by atoms with E-state index in [1.54, 1.807) is 0 Å². The second-order valence-electron chi connectivity index (χ2n) is 5.48. The number of nitrogens with one attached hydrogen (secondary N) is 1. The first-order valence-corrected chi connectivity index (χ1v) is 7.09. The molecule has 1 saturated heterocycles. The topological polar surface area (TPSA) is 33.7 Å². The van der Waals surface area contributed by atoms with Gasteiger partial charge in [0, 0.05) is 43.5 Å². The molecule has 0 bridgehead atoms. The molecule has 0 aliphatic carbocycles. The summed E-state index contributed by atoms with van der Waals surface area (Å²) >= 11 is 0. The summed E-state index contributed by atoms with van der Waals surface area (Å²) in [5.41, 5.74) is 2.48. The lowest BCUT2D eigenvalue weighted by Crippen LogP contribution is -2.45. The van der Waals surface area contributed by atoms with Crippen LogP contribution in [0, 0.1) is 0 Å². The van der Waals surface area contributed by atoms with Crippen LogP contribution in [0.5, 0.6) is 5.75 Å². The highest BCUT2D eigenvalue weighted by molar-refractivity contribution is 5.54. The van der Waals surface area contributed by atoms with Crippen molar-refractivity contribution >= 4 is 5.69 Å². The van der Waals surface area contributed by atoms with Crippen molar-refractivity contribution in [2.24, 2.45) is 0 Å². The molecule has 2 atom stereocenters. The second kappa shape index (κ2) is 5.39. The minimum absolute atomic E-state index is 0.283. The molecule has 1 aromatic carbocycles. The van der Waals surface area contributed by atoms with Crippen molar-refractivity contribution in [3.8, 4) is 5.75 Å². The standard InChI is InChI=1S/C15H22N2O2/c1-11-9-17(10-12(2)19-11)14-4-3-13-8-16-5-6-18-15(13)7-14/h3-4,7,11-12,16H,5-6,8-10H2,1-2H3. The first kappa shape index (κ1) is 12.8. The first-order valence-electron chi connectivity index (χ1n) is 7.09. The van der Waals surface area contributed by atoms with Crippen LogP contribution in [0.25, 0.3) is 0 Å². The van der Waals surface area contributed by atoms with Gasteiger partial charge < -0.3 is 19.7 Å². The van der Waals surface area contributed by atoms with Crippen LogP contribution < -0.4 is 15.0 Å². The van der Waals surface area contributed by atoms with Crippen molar-refractivity contribution in [2.45, 2.75) is 32.6 Å². The van der Waals surface area contributed by atoms with E-state index in [9.17, 15) is 0 Å². The maximum atomic E-state index is 5.81. The minimum atomic E-state index is 0.283. The van der Waals surface area contributed by atoms with Crippen LogP contribution in [0.15, 0.2) is 18.2 Å². The fourth-order valence-electron chi connectivity index (χ4n) is 2.87. The molecular formula is C15H22N2O2. The molecule has 0 saturated carbocycles. The molecule has 2 heterocycles. The number of ether oxygens (including phenoxy) is 2. The number of benzene rings is 1. The summed E-state index contributed by atoms with van der Waals surface area (Å²) in [5.74, 6) is 1.02. The largest absolute Gasteiger partial charge is 0.492 e. The fourth-order valence-corrected chi connectivity index (χ4v) is 2.87. The SMILES string of the molecule is CC1CN(c2ccc3c(c2)OCCNC3)CC(C)O1. The van der Waals surface area contributed by atoms with E-state index in [0.717, 1.165) is 38.5 Å². The third-order valence-electron chi connectivity index (χ3n) is 3.69. The molecule has 0 amide bonds. The second-order valence-corrected chi connectivity index (χ2v) is 5.48. The Hall–Kier alpha value is -1.26. The van der Waals surface area contributed by atoms with E-state index in [0.29, 0.717) is 0 Å². The summed E-state index contributed by atoms with van der Waals surface area (Å²) in [7, 11) is 0. The Morgan fingerprint density at radius 1 is 1.21 bits per heavy atom. The molecular weight excluding hydrogens is 240 g/mol.